The average Bonchev–Trinajstić information content (AvgIpc) is 2.98. The van der Waals surface area contributed by atoms with Gasteiger partial charge in [0.1, 0.15) is 11.3 Å². The number of hydrogen-bond acceptors (Lipinski definition) is 5. The zero-order valence-electron chi connectivity index (χ0n) is 12.2. The molecule has 6 heteroatoms. The summed E-state index contributed by atoms with van der Waals surface area (Å²) in [5, 5.41) is 3.49. The molecule has 1 N–H and O–H groups in total. The summed E-state index contributed by atoms with van der Waals surface area (Å²) in [5.74, 6) is 1.27. The van der Waals surface area contributed by atoms with E-state index in [0.717, 1.165) is 16.9 Å². The van der Waals surface area contributed by atoms with Crippen molar-refractivity contribution in [2.45, 2.75) is 17.9 Å². The van der Waals surface area contributed by atoms with Crippen molar-refractivity contribution in [2.24, 2.45) is 0 Å². The Labute approximate surface area is 137 Å². The molecule has 0 radical (unpaired) electrons. The van der Waals surface area contributed by atoms with Crippen LogP contribution in [0.3, 0.4) is 0 Å². The number of nitrogens with one attached hydrogen (secondary N) is 1. The third kappa shape index (κ3) is 2.90. The standard InChI is InChI=1S/C17H14N2O3S/c20-16-11-5-1-3-7-13(11)21-15(19-16)9-10-23-17-18-12-6-2-4-8-14(12)22-17/h1-8,15H,9-10H2,(H,19,20)/t15-/m1/s1. The van der Waals surface area contributed by atoms with Crippen molar-refractivity contribution in [3.63, 3.8) is 0 Å². The second-order valence-electron chi connectivity index (χ2n) is 5.16. The third-order valence-electron chi connectivity index (χ3n) is 3.57. The topological polar surface area (TPSA) is 64.4 Å². The lowest BCUT2D eigenvalue weighted by Gasteiger charge is -2.26. The number of thioether (sulfide) groups is 1. The van der Waals surface area contributed by atoms with E-state index in [-0.39, 0.29) is 12.1 Å². The molecule has 0 saturated carbocycles. The molecule has 1 aliphatic rings. The van der Waals surface area contributed by atoms with Crippen LogP contribution in [0.1, 0.15) is 16.8 Å². The van der Waals surface area contributed by atoms with E-state index in [1.807, 2.05) is 42.5 Å². The molecule has 0 aliphatic carbocycles. The molecule has 5 nitrogen and oxygen atoms in total. The SMILES string of the molecule is O=C1N[C@@H](CCSc2nc3ccccc3o2)Oc2ccccc21. The van der Waals surface area contributed by atoms with Gasteiger partial charge in [-0.05, 0) is 24.3 Å². The summed E-state index contributed by atoms with van der Waals surface area (Å²) < 4.78 is 11.5. The Bertz CT molecular complexity index is 829. The average molecular weight is 326 g/mol. The van der Waals surface area contributed by atoms with Crippen LogP contribution in [0.2, 0.25) is 0 Å². The number of benzene rings is 2. The molecule has 4 rings (SSSR count). The van der Waals surface area contributed by atoms with Crippen molar-refractivity contribution >= 4 is 28.8 Å². The number of para-hydroxylation sites is 3. The zero-order chi connectivity index (χ0) is 15.6. The Hall–Kier alpha value is -2.47. The van der Waals surface area contributed by atoms with Gasteiger partial charge in [0, 0.05) is 12.2 Å². The predicted octanol–water partition coefficient (Wildman–Crippen LogP) is 3.46. The molecule has 0 saturated heterocycles. The van der Waals surface area contributed by atoms with E-state index in [2.05, 4.69) is 10.3 Å². The minimum atomic E-state index is -0.325. The first-order valence-corrected chi connectivity index (χ1v) is 8.33. The van der Waals surface area contributed by atoms with E-state index in [9.17, 15) is 4.79 Å². The minimum Gasteiger partial charge on any atom is -0.470 e. The van der Waals surface area contributed by atoms with E-state index in [1.165, 1.54) is 11.8 Å². The van der Waals surface area contributed by atoms with Gasteiger partial charge in [0.05, 0.1) is 5.56 Å². The maximum atomic E-state index is 12.0. The molecule has 1 aromatic heterocycles. The minimum absolute atomic E-state index is 0.0938. The first-order chi connectivity index (χ1) is 11.3. The highest BCUT2D eigenvalue weighted by atomic mass is 32.2. The molecule has 0 fully saturated rings. The van der Waals surface area contributed by atoms with Crippen molar-refractivity contribution in [3.8, 4) is 5.75 Å². The van der Waals surface area contributed by atoms with Gasteiger partial charge in [-0.2, -0.15) is 0 Å². The normalized spacial score (nSPS) is 16.7. The molecule has 0 spiro atoms. The Morgan fingerprint density at radius 3 is 2.87 bits per heavy atom. The molecule has 23 heavy (non-hydrogen) atoms. The summed E-state index contributed by atoms with van der Waals surface area (Å²) in [6, 6.07) is 14.9. The van der Waals surface area contributed by atoms with Crippen LogP contribution in [0.15, 0.2) is 58.2 Å². The van der Waals surface area contributed by atoms with Crippen LogP contribution in [0.4, 0.5) is 0 Å². The van der Waals surface area contributed by atoms with Gasteiger partial charge >= 0.3 is 0 Å². The van der Waals surface area contributed by atoms with Crippen molar-refractivity contribution in [1.82, 2.24) is 10.3 Å². The highest BCUT2D eigenvalue weighted by molar-refractivity contribution is 7.99. The van der Waals surface area contributed by atoms with Crippen LogP contribution in [-0.4, -0.2) is 22.9 Å². The summed E-state index contributed by atoms with van der Waals surface area (Å²) in [5.41, 5.74) is 2.22. The molecular formula is C17H14N2O3S. The number of aromatic nitrogens is 1. The van der Waals surface area contributed by atoms with E-state index in [0.29, 0.717) is 23.0 Å². The molecule has 1 atom stereocenters. The maximum absolute atomic E-state index is 12.0. The number of ether oxygens (including phenoxy) is 1. The lowest BCUT2D eigenvalue weighted by atomic mass is 10.1. The first kappa shape index (κ1) is 14.1. The molecule has 1 aliphatic heterocycles. The van der Waals surface area contributed by atoms with Crippen LogP contribution in [0, 0.1) is 0 Å². The molecular weight excluding hydrogens is 312 g/mol. The first-order valence-electron chi connectivity index (χ1n) is 7.34. The second-order valence-corrected chi connectivity index (χ2v) is 6.21. The Morgan fingerprint density at radius 2 is 1.96 bits per heavy atom. The summed E-state index contributed by atoms with van der Waals surface area (Å²) in [6.45, 7) is 0. The van der Waals surface area contributed by atoms with Crippen LogP contribution in [0.5, 0.6) is 5.75 Å². The van der Waals surface area contributed by atoms with Gasteiger partial charge < -0.3 is 14.5 Å². The number of rotatable bonds is 4. The molecule has 3 aromatic rings. The highest BCUT2D eigenvalue weighted by Gasteiger charge is 2.24. The number of carbonyl (C=O) groups excluding carboxylic acids is 1. The van der Waals surface area contributed by atoms with E-state index in [4.69, 9.17) is 9.15 Å². The van der Waals surface area contributed by atoms with Crippen molar-refractivity contribution in [3.05, 3.63) is 54.1 Å². The van der Waals surface area contributed by atoms with Gasteiger partial charge in [-0.3, -0.25) is 4.79 Å². The Morgan fingerprint density at radius 1 is 1.13 bits per heavy atom. The van der Waals surface area contributed by atoms with E-state index in [1.54, 1.807) is 6.07 Å². The molecule has 2 heterocycles. The second kappa shape index (κ2) is 5.96. The number of carbonyl (C=O) groups is 1. The maximum Gasteiger partial charge on any atom is 0.257 e. The number of fused-ring (bicyclic) bond motifs is 2. The van der Waals surface area contributed by atoms with Gasteiger partial charge in [-0.1, -0.05) is 36.0 Å². The summed E-state index contributed by atoms with van der Waals surface area (Å²) in [4.78, 5) is 16.4. The summed E-state index contributed by atoms with van der Waals surface area (Å²) in [6.07, 6.45) is 0.345. The lowest BCUT2D eigenvalue weighted by molar-refractivity contribution is 0.0752. The molecule has 0 bridgehead atoms. The smallest absolute Gasteiger partial charge is 0.257 e. The zero-order valence-corrected chi connectivity index (χ0v) is 13.0. The van der Waals surface area contributed by atoms with Crippen LogP contribution < -0.4 is 10.1 Å². The number of oxazole rings is 1. The molecule has 0 unspecified atom stereocenters. The van der Waals surface area contributed by atoms with E-state index < -0.39 is 0 Å². The van der Waals surface area contributed by atoms with Gasteiger partial charge in [-0.25, -0.2) is 4.98 Å². The predicted molar refractivity (Wildman–Crippen MR) is 87.7 cm³/mol. The summed E-state index contributed by atoms with van der Waals surface area (Å²) in [7, 11) is 0. The fraction of sp³-hybridized carbons (Fsp3) is 0.176. The molecule has 2 aromatic carbocycles. The third-order valence-corrected chi connectivity index (χ3v) is 4.43. The quantitative estimate of drug-likeness (QED) is 0.744. The van der Waals surface area contributed by atoms with Crippen LogP contribution >= 0.6 is 11.8 Å². The fourth-order valence-corrected chi connectivity index (χ4v) is 3.28. The van der Waals surface area contributed by atoms with Crippen LogP contribution in [0.25, 0.3) is 11.1 Å². The highest BCUT2D eigenvalue weighted by Crippen LogP contribution is 2.26. The van der Waals surface area contributed by atoms with Gasteiger partial charge in [-0.15, -0.1) is 0 Å². The Kier molecular flexibility index (Phi) is 3.67. The largest absolute Gasteiger partial charge is 0.470 e. The number of amides is 1. The monoisotopic (exact) mass is 326 g/mol. The summed E-state index contributed by atoms with van der Waals surface area (Å²) >= 11 is 1.51. The number of nitrogens with zero attached hydrogens (tertiary/aromatic N) is 1. The van der Waals surface area contributed by atoms with Crippen molar-refractivity contribution in [1.29, 1.82) is 0 Å². The Balaban J connectivity index is 1.37. The van der Waals surface area contributed by atoms with Gasteiger partial charge in [0.2, 0.25) is 0 Å². The van der Waals surface area contributed by atoms with Gasteiger partial charge in [0.15, 0.2) is 11.8 Å². The number of hydrogen-bond donors (Lipinski definition) is 1. The fourth-order valence-electron chi connectivity index (χ4n) is 2.46. The molecule has 116 valence electrons. The van der Waals surface area contributed by atoms with Crippen molar-refractivity contribution in [2.75, 3.05) is 5.75 Å². The van der Waals surface area contributed by atoms with E-state index >= 15 is 0 Å². The lowest BCUT2D eigenvalue weighted by Crippen LogP contribution is -2.43. The van der Waals surface area contributed by atoms with Gasteiger partial charge in [0.25, 0.3) is 11.1 Å². The molecule has 1 amide bonds. The van der Waals surface area contributed by atoms with Crippen molar-refractivity contribution < 1.29 is 13.9 Å². The van der Waals surface area contributed by atoms with Crippen LogP contribution in [-0.2, 0) is 0 Å².